The van der Waals surface area contributed by atoms with Gasteiger partial charge in [0.25, 0.3) is 0 Å². The zero-order valence-corrected chi connectivity index (χ0v) is 21.6. The first-order chi connectivity index (χ1) is 16.1. The quantitative estimate of drug-likeness (QED) is 0.233. The normalized spacial score (nSPS) is 24.2. The Kier molecular flexibility index (Phi) is 11.0. The van der Waals surface area contributed by atoms with Crippen molar-refractivity contribution in [2.75, 3.05) is 0 Å². The minimum absolute atomic E-state index is 0.108. The molecule has 2 aliphatic carbocycles. The highest BCUT2D eigenvalue weighted by atomic mass is 16.5. The first-order valence-electron chi connectivity index (χ1n) is 14.1. The summed E-state index contributed by atoms with van der Waals surface area (Å²) < 4.78 is 5.86. The van der Waals surface area contributed by atoms with Crippen molar-refractivity contribution in [1.82, 2.24) is 0 Å². The molecule has 1 saturated carbocycles. The van der Waals surface area contributed by atoms with Crippen LogP contribution in [0.4, 0.5) is 0 Å². The number of carbonyl (C=O) groups excluding carboxylic acids is 1. The topological polar surface area (TPSA) is 26.3 Å². The molecule has 2 heteroatoms. The van der Waals surface area contributed by atoms with E-state index in [0.29, 0.717) is 5.56 Å². The molecule has 0 spiro atoms. The number of rotatable bonds is 12. The molecule has 2 unspecified atom stereocenters. The highest BCUT2D eigenvalue weighted by Gasteiger charge is 2.24. The fraction of sp³-hybridized carbons (Fsp3) is 0.710. The molecule has 3 rings (SSSR count). The Labute approximate surface area is 203 Å². The van der Waals surface area contributed by atoms with Gasteiger partial charge in [-0.3, -0.25) is 0 Å². The van der Waals surface area contributed by atoms with Gasteiger partial charge < -0.3 is 4.74 Å². The Balaban J connectivity index is 1.43. The zero-order chi connectivity index (χ0) is 23.5. The van der Waals surface area contributed by atoms with Gasteiger partial charge in [0.05, 0.1) is 5.56 Å². The molecule has 2 atom stereocenters. The number of benzene rings is 1. The van der Waals surface area contributed by atoms with Gasteiger partial charge in [0.2, 0.25) is 0 Å². The molecule has 0 aliphatic heterocycles. The third-order valence-corrected chi connectivity index (χ3v) is 8.29. The van der Waals surface area contributed by atoms with Gasteiger partial charge in [-0.2, -0.15) is 0 Å². The maximum atomic E-state index is 12.7. The monoisotopic (exact) mass is 452 g/mol. The zero-order valence-electron chi connectivity index (χ0n) is 21.6. The number of hydrogen-bond donors (Lipinski definition) is 0. The molecule has 0 bridgehead atoms. The second kappa shape index (κ2) is 14.0. The molecule has 1 aromatic rings. The van der Waals surface area contributed by atoms with E-state index in [1.165, 1.54) is 88.2 Å². The van der Waals surface area contributed by atoms with Crippen LogP contribution in [0.1, 0.15) is 133 Å². The van der Waals surface area contributed by atoms with Crippen molar-refractivity contribution in [1.29, 1.82) is 0 Å². The lowest BCUT2D eigenvalue weighted by Crippen LogP contribution is -2.24. The third-order valence-electron chi connectivity index (χ3n) is 8.29. The van der Waals surface area contributed by atoms with E-state index in [1.807, 2.05) is 12.1 Å². The number of esters is 1. The summed E-state index contributed by atoms with van der Waals surface area (Å²) in [6, 6.07) is 8.18. The van der Waals surface area contributed by atoms with E-state index in [-0.39, 0.29) is 12.1 Å². The van der Waals surface area contributed by atoms with Crippen molar-refractivity contribution in [3.63, 3.8) is 0 Å². The van der Waals surface area contributed by atoms with E-state index < -0.39 is 0 Å². The van der Waals surface area contributed by atoms with Crippen LogP contribution >= 0.6 is 0 Å². The molecule has 2 nitrogen and oxygen atoms in total. The summed E-state index contributed by atoms with van der Waals surface area (Å²) in [5.74, 6) is 2.36. The molecule has 0 aromatic heterocycles. The average Bonchev–Trinajstić information content (AvgIpc) is 2.85. The van der Waals surface area contributed by atoms with E-state index in [2.05, 4.69) is 39.0 Å². The smallest absolute Gasteiger partial charge is 0.338 e. The van der Waals surface area contributed by atoms with Gasteiger partial charge in [0.1, 0.15) is 6.10 Å². The molecule has 0 saturated heterocycles. The second-order valence-electron chi connectivity index (χ2n) is 10.9. The molecule has 0 N–H and O–H groups in total. The molecule has 184 valence electrons. The lowest BCUT2D eigenvalue weighted by molar-refractivity contribution is 0.0161. The molecular weight excluding hydrogens is 404 g/mol. The number of hydrogen-bond acceptors (Lipinski definition) is 2. The summed E-state index contributed by atoms with van der Waals surface area (Å²) >= 11 is 0. The van der Waals surface area contributed by atoms with Crippen LogP contribution in [0.3, 0.4) is 0 Å². The fourth-order valence-corrected chi connectivity index (χ4v) is 5.85. The number of ether oxygens (including phenoxy) is 1. The van der Waals surface area contributed by atoms with Crippen molar-refractivity contribution in [3.8, 4) is 0 Å². The van der Waals surface area contributed by atoms with E-state index >= 15 is 0 Å². The first-order valence-corrected chi connectivity index (χ1v) is 14.1. The van der Waals surface area contributed by atoms with Gasteiger partial charge in [-0.15, -0.1) is 0 Å². The van der Waals surface area contributed by atoms with E-state index in [4.69, 9.17) is 4.74 Å². The Bertz CT molecular complexity index is 724. The molecule has 1 fully saturated rings. The van der Waals surface area contributed by atoms with Gasteiger partial charge in [-0.25, -0.2) is 4.79 Å². The van der Waals surface area contributed by atoms with Crippen LogP contribution in [-0.2, 0) is 4.74 Å². The summed E-state index contributed by atoms with van der Waals surface area (Å²) in [7, 11) is 0. The maximum Gasteiger partial charge on any atom is 0.338 e. The van der Waals surface area contributed by atoms with Crippen molar-refractivity contribution in [3.05, 3.63) is 41.5 Å². The van der Waals surface area contributed by atoms with Gasteiger partial charge in [0.15, 0.2) is 0 Å². The average molecular weight is 453 g/mol. The van der Waals surface area contributed by atoms with E-state index in [0.717, 1.165) is 37.0 Å². The summed E-state index contributed by atoms with van der Waals surface area (Å²) in [5, 5.41) is 0. The molecule has 0 heterocycles. The van der Waals surface area contributed by atoms with Crippen molar-refractivity contribution < 1.29 is 9.53 Å². The Morgan fingerprint density at radius 1 is 0.939 bits per heavy atom. The Morgan fingerprint density at radius 2 is 1.64 bits per heavy atom. The van der Waals surface area contributed by atoms with Crippen LogP contribution in [0.5, 0.6) is 0 Å². The van der Waals surface area contributed by atoms with Gasteiger partial charge in [-0.1, -0.05) is 90.3 Å². The van der Waals surface area contributed by atoms with Crippen molar-refractivity contribution >= 4 is 11.5 Å². The summed E-state index contributed by atoms with van der Waals surface area (Å²) in [6.45, 7) is 6.99. The number of unbranched alkanes of at least 4 members (excludes halogenated alkanes) is 4. The Morgan fingerprint density at radius 3 is 2.27 bits per heavy atom. The molecule has 2 aliphatic rings. The van der Waals surface area contributed by atoms with Crippen LogP contribution in [0, 0.1) is 17.8 Å². The Hall–Kier alpha value is -1.57. The largest absolute Gasteiger partial charge is 0.459 e. The van der Waals surface area contributed by atoms with Crippen LogP contribution in [0.2, 0.25) is 0 Å². The lowest BCUT2D eigenvalue weighted by atomic mass is 9.78. The third kappa shape index (κ3) is 8.30. The van der Waals surface area contributed by atoms with Crippen LogP contribution in [0.15, 0.2) is 30.3 Å². The standard InChI is InChI=1S/C31H48O2/c1-4-6-8-10-24(3)26-14-16-27(17-15-26)28-18-20-29(21-19-28)31(32)33-30-22-12-25(13-23-30)11-9-7-5-2/h16,18-21,24-26,30H,4-15,17,22-23H2,1-3H3. The summed E-state index contributed by atoms with van der Waals surface area (Å²) in [5.41, 5.74) is 3.42. The summed E-state index contributed by atoms with van der Waals surface area (Å²) in [6.07, 6.45) is 21.5. The SMILES string of the molecule is CCCCCC1CCC(OC(=O)c2ccc(C3=CCC(C(C)CCCCC)CC3)cc2)CC1. The predicted molar refractivity (Wildman–Crippen MR) is 140 cm³/mol. The van der Waals surface area contributed by atoms with Crippen molar-refractivity contribution in [2.24, 2.45) is 17.8 Å². The van der Waals surface area contributed by atoms with Gasteiger partial charge >= 0.3 is 5.97 Å². The van der Waals surface area contributed by atoms with Crippen LogP contribution < -0.4 is 0 Å². The van der Waals surface area contributed by atoms with Crippen molar-refractivity contribution in [2.45, 2.75) is 123 Å². The summed E-state index contributed by atoms with van der Waals surface area (Å²) in [4.78, 5) is 12.7. The highest BCUT2D eigenvalue weighted by molar-refractivity contribution is 5.90. The molecule has 33 heavy (non-hydrogen) atoms. The fourth-order valence-electron chi connectivity index (χ4n) is 5.85. The van der Waals surface area contributed by atoms with E-state index in [1.54, 1.807) is 0 Å². The number of carbonyl (C=O) groups is 1. The lowest BCUT2D eigenvalue weighted by Gasteiger charge is -2.28. The highest BCUT2D eigenvalue weighted by Crippen LogP contribution is 2.36. The first kappa shape index (κ1) is 26.0. The van der Waals surface area contributed by atoms with Gasteiger partial charge in [-0.05, 0) is 86.0 Å². The van der Waals surface area contributed by atoms with Crippen LogP contribution in [-0.4, -0.2) is 12.1 Å². The minimum Gasteiger partial charge on any atom is -0.459 e. The van der Waals surface area contributed by atoms with E-state index in [9.17, 15) is 4.79 Å². The van der Waals surface area contributed by atoms with Gasteiger partial charge in [0, 0.05) is 0 Å². The molecule has 1 aromatic carbocycles. The molecular formula is C31H48O2. The maximum absolute atomic E-state index is 12.7. The second-order valence-corrected chi connectivity index (χ2v) is 10.9. The minimum atomic E-state index is -0.144. The number of allylic oxidation sites excluding steroid dienone is 2. The van der Waals surface area contributed by atoms with Crippen LogP contribution in [0.25, 0.3) is 5.57 Å². The molecule has 0 amide bonds. The predicted octanol–water partition coefficient (Wildman–Crippen LogP) is 9.38. The molecule has 0 radical (unpaired) electrons.